The fraction of sp³-hybridized carbons (Fsp3) is 0.545. The van der Waals surface area contributed by atoms with Crippen LogP contribution in [0.25, 0.3) is 0 Å². The molecule has 3 nitrogen and oxygen atoms in total. The van der Waals surface area contributed by atoms with Crippen molar-refractivity contribution in [1.82, 2.24) is 9.88 Å². The molecule has 0 radical (unpaired) electrons. The molecule has 0 unspecified atom stereocenters. The Morgan fingerprint density at radius 3 is 2.87 bits per heavy atom. The van der Waals surface area contributed by atoms with Crippen LogP contribution in [0.5, 0.6) is 0 Å². The van der Waals surface area contributed by atoms with Gasteiger partial charge in [-0.15, -0.1) is 0 Å². The number of nitrogens with zero attached hydrogens (tertiary/aromatic N) is 2. The Kier molecular flexibility index (Phi) is 3.57. The van der Waals surface area contributed by atoms with Crippen LogP contribution in [0, 0.1) is 0 Å². The molecule has 0 saturated heterocycles. The number of aliphatic hydroxyl groups excluding tert-OH is 1. The van der Waals surface area contributed by atoms with E-state index < -0.39 is 0 Å². The SMILES string of the molecule is OCCN(Cc1cccc(Cl)n1)C1CC1. The van der Waals surface area contributed by atoms with Gasteiger partial charge in [-0.3, -0.25) is 4.90 Å². The van der Waals surface area contributed by atoms with Gasteiger partial charge in [0.05, 0.1) is 12.3 Å². The molecule has 1 aromatic rings. The quantitative estimate of drug-likeness (QED) is 0.777. The van der Waals surface area contributed by atoms with Crippen LogP contribution in [-0.2, 0) is 6.54 Å². The molecule has 1 aromatic heterocycles. The van der Waals surface area contributed by atoms with Crippen LogP contribution in [0.3, 0.4) is 0 Å². The first-order valence-corrected chi connectivity index (χ1v) is 5.64. The molecule has 1 heterocycles. The number of rotatable bonds is 5. The van der Waals surface area contributed by atoms with E-state index in [1.165, 1.54) is 12.8 Å². The summed E-state index contributed by atoms with van der Waals surface area (Å²) in [5.41, 5.74) is 0.975. The maximum absolute atomic E-state index is 8.96. The summed E-state index contributed by atoms with van der Waals surface area (Å²) in [7, 11) is 0. The van der Waals surface area contributed by atoms with Crippen LogP contribution in [0.15, 0.2) is 18.2 Å². The van der Waals surface area contributed by atoms with Crippen molar-refractivity contribution in [2.24, 2.45) is 0 Å². The summed E-state index contributed by atoms with van der Waals surface area (Å²) in [6, 6.07) is 6.30. The maximum atomic E-state index is 8.96. The largest absolute Gasteiger partial charge is 0.395 e. The van der Waals surface area contributed by atoms with Gasteiger partial charge in [0, 0.05) is 19.1 Å². The van der Waals surface area contributed by atoms with E-state index in [1.54, 1.807) is 6.07 Å². The second-order valence-corrected chi connectivity index (χ2v) is 4.26. The van der Waals surface area contributed by atoms with Gasteiger partial charge in [0.15, 0.2) is 0 Å². The monoisotopic (exact) mass is 226 g/mol. The fourth-order valence-corrected chi connectivity index (χ4v) is 1.89. The van der Waals surface area contributed by atoms with Gasteiger partial charge >= 0.3 is 0 Å². The van der Waals surface area contributed by atoms with E-state index in [1.807, 2.05) is 12.1 Å². The van der Waals surface area contributed by atoms with Crippen molar-refractivity contribution in [2.75, 3.05) is 13.2 Å². The second kappa shape index (κ2) is 4.92. The zero-order valence-corrected chi connectivity index (χ0v) is 9.32. The van der Waals surface area contributed by atoms with Gasteiger partial charge < -0.3 is 5.11 Å². The van der Waals surface area contributed by atoms with Gasteiger partial charge in [0.1, 0.15) is 5.15 Å². The Bertz CT molecular complexity index is 328. The lowest BCUT2D eigenvalue weighted by Gasteiger charge is -2.20. The summed E-state index contributed by atoms with van der Waals surface area (Å²) in [5, 5.41) is 9.49. The number of pyridine rings is 1. The Morgan fingerprint density at radius 1 is 1.47 bits per heavy atom. The molecule has 0 aliphatic heterocycles. The normalized spacial score (nSPS) is 15.9. The van der Waals surface area contributed by atoms with Crippen molar-refractivity contribution in [3.8, 4) is 0 Å². The van der Waals surface area contributed by atoms with Crippen molar-refractivity contribution < 1.29 is 5.11 Å². The minimum absolute atomic E-state index is 0.205. The van der Waals surface area contributed by atoms with E-state index in [9.17, 15) is 0 Å². The molecule has 1 N–H and O–H groups in total. The zero-order valence-electron chi connectivity index (χ0n) is 8.56. The lowest BCUT2D eigenvalue weighted by molar-refractivity contribution is 0.182. The Morgan fingerprint density at radius 2 is 2.27 bits per heavy atom. The van der Waals surface area contributed by atoms with Gasteiger partial charge in [-0.25, -0.2) is 4.98 Å². The van der Waals surface area contributed by atoms with Gasteiger partial charge in [0.2, 0.25) is 0 Å². The van der Waals surface area contributed by atoms with Gasteiger partial charge in [-0.1, -0.05) is 17.7 Å². The smallest absolute Gasteiger partial charge is 0.129 e. The molecule has 0 atom stereocenters. The molecule has 0 aromatic carbocycles. The molecule has 4 heteroatoms. The van der Waals surface area contributed by atoms with Crippen molar-refractivity contribution >= 4 is 11.6 Å². The molecule has 1 saturated carbocycles. The van der Waals surface area contributed by atoms with Gasteiger partial charge in [-0.05, 0) is 25.0 Å². The Balaban J connectivity index is 1.98. The topological polar surface area (TPSA) is 36.4 Å². The standard InChI is InChI=1S/C11H15ClN2O/c12-11-3-1-2-9(13-11)8-14(6-7-15)10-4-5-10/h1-3,10,15H,4-8H2. The first-order chi connectivity index (χ1) is 7.29. The van der Waals surface area contributed by atoms with E-state index in [0.717, 1.165) is 18.8 Å². The van der Waals surface area contributed by atoms with E-state index in [-0.39, 0.29) is 6.61 Å². The van der Waals surface area contributed by atoms with Crippen molar-refractivity contribution in [3.63, 3.8) is 0 Å². The first kappa shape index (κ1) is 10.9. The van der Waals surface area contributed by atoms with Crippen molar-refractivity contribution in [3.05, 3.63) is 29.0 Å². The summed E-state index contributed by atoms with van der Waals surface area (Å²) in [6.07, 6.45) is 2.47. The number of hydrogen-bond acceptors (Lipinski definition) is 3. The summed E-state index contributed by atoms with van der Waals surface area (Å²) >= 11 is 5.82. The summed E-state index contributed by atoms with van der Waals surface area (Å²) < 4.78 is 0. The summed E-state index contributed by atoms with van der Waals surface area (Å²) in [5.74, 6) is 0. The summed E-state index contributed by atoms with van der Waals surface area (Å²) in [6.45, 7) is 1.71. The zero-order chi connectivity index (χ0) is 10.7. The maximum Gasteiger partial charge on any atom is 0.129 e. The second-order valence-electron chi connectivity index (χ2n) is 3.88. The number of halogens is 1. The van der Waals surface area contributed by atoms with Gasteiger partial charge in [-0.2, -0.15) is 0 Å². The number of hydrogen-bond donors (Lipinski definition) is 1. The highest BCUT2D eigenvalue weighted by atomic mass is 35.5. The Hall–Kier alpha value is -0.640. The number of aromatic nitrogens is 1. The highest BCUT2D eigenvalue weighted by Gasteiger charge is 2.28. The molecule has 0 spiro atoms. The highest BCUT2D eigenvalue weighted by molar-refractivity contribution is 6.29. The molecule has 82 valence electrons. The average molecular weight is 227 g/mol. The minimum atomic E-state index is 0.205. The van der Waals surface area contributed by atoms with Crippen LogP contribution < -0.4 is 0 Å². The summed E-state index contributed by atoms with van der Waals surface area (Å²) in [4.78, 5) is 6.51. The lowest BCUT2D eigenvalue weighted by atomic mass is 10.3. The third-order valence-corrected chi connectivity index (χ3v) is 2.80. The predicted octanol–water partition coefficient (Wildman–Crippen LogP) is 1.69. The van der Waals surface area contributed by atoms with E-state index in [4.69, 9.17) is 16.7 Å². The molecule has 1 aliphatic carbocycles. The van der Waals surface area contributed by atoms with Crippen molar-refractivity contribution in [1.29, 1.82) is 0 Å². The van der Waals surface area contributed by atoms with Crippen LogP contribution in [0.4, 0.5) is 0 Å². The minimum Gasteiger partial charge on any atom is -0.395 e. The third kappa shape index (κ3) is 3.16. The van der Waals surface area contributed by atoms with E-state index >= 15 is 0 Å². The molecular formula is C11H15ClN2O. The average Bonchev–Trinajstić information content (AvgIpc) is 3.00. The molecular weight excluding hydrogens is 212 g/mol. The van der Waals surface area contributed by atoms with Crippen LogP contribution >= 0.6 is 11.6 Å². The molecule has 0 amide bonds. The van der Waals surface area contributed by atoms with Crippen LogP contribution in [0.1, 0.15) is 18.5 Å². The van der Waals surface area contributed by atoms with Crippen LogP contribution in [0.2, 0.25) is 5.15 Å². The molecule has 1 aliphatic rings. The highest BCUT2D eigenvalue weighted by Crippen LogP contribution is 2.27. The fourth-order valence-electron chi connectivity index (χ4n) is 1.71. The molecule has 15 heavy (non-hydrogen) atoms. The van der Waals surface area contributed by atoms with E-state index in [2.05, 4.69) is 9.88 Å². The first-order valence-electron chi connectivity index (χ1n) is 5.26. The molecule has 0 bridgehead atoms. The lowest BCUT2D eigenvalue weighted by Crippen LogP contribution is -2.28. The van der Waals surface area contributed by atoms with Crippen molar-refractivity contribution in [2.45, 2.75) is 25.4 Å². The molecule has 2 rings (SSSR count). The predicted molar refractivity (Wildman–Crippen MR) is 59.8 cm³/mol. The molecule has 1 fully saturated rings. The van der Waals surface area contributed by atoms with E-state index in [0.29, 0.717) is 11.2 Å². The third-order valence-electron chi connectivity index (χ3n) is 2.59. The van der Waals surface area contributed by atoms with Crippen LogP contribution in [-0.4, -0.2) is 34.2 Å². The number of aliphatic hydroxyl groups is 1. The van der Waals surface area contributed by atoms with Gasteiger partial charge in [0.25, 0.3) is 0 Å². The Labute approximate surface area is 94.7 Å².